The van der Waals surface area contributed by atoms with Crippen molar-refractivity contribution < 1.29 is 4.42 Å². The van der Waals surface area contributed by atoms with Crippen molar-refractivity contribution in [2.75, 3.05) is 0 Å². The first-order valence-electron chi connectivity index (χ1n) is 22.0. The van der Waals surface area contributed by atoms with E-state index in [0.717, 1.165) is 33.3 Å². The van der Waals surface area contributed by atoms with Crippen LogP contribution in [0.1, 0.15) is 0 Å². The summed E-state index contributed by atoms with van der Waals surface area (Å²) < 4.78 is 11.2. The summed E-state index contributed by atoms with van der Waals surface area (Å²) >= 11 is 0. The number of nitrogens with zero attached hydrogens (tertiary/aromatic N) is 2. The van der Waals surface area contributed by atoms with Crippen molar-refractivity contribution in [3.8, 4) is 22.5 Å². The summed E-state index contributed by atoms with van der Waals surface area (Å²) in [6, 6.07) is 89.2. The van der Waals surface area contributed by atoms with E-state index in [1.54, 1.807) is 0 Å². The number of para-hydroxylation sites is 3. The fourth-order valence-electron chi connectivity index (χ4n) is 10.8. The van der Waals surface area contributed by atoms with Gasteiger partial charge in [-0.3, -0.25) is 0 Å². The second kappa shape index (κ2) is 14.5. The Hall–Kier alpha value is -8.18. The molecule has 0 saturated carbocycles. The fourth-order valence-corrected chi connectivity index (χ4v) is 15.5. The quantitative estimate of drug-likeness (QED) is 0.116. The van der Waals surface area contributed by atoms with Crippen molar-refractivity contribution in [1.82, 2.24) is 9.13 Å². The van der Waals surface area contributed by atoms with Crippen molar-refractivity contribution in [2.24, 2.45) is 0 Å². The first kappa shape index (κ1) is 36.5. The summed E-state index contributed by atoms with van der Waals surface area (Å²) in [5, 5.41) is 12.6. The lowest BCUT2D eigenvalue weighted by molar-refractivity contribution is 0.669. The molecule has 0 amide bonds. The Bertz CT molecular complexity index is 3790. The number of hydrogen-bond donors (Lipinski definition) is 0. The maximum atomic E-state index is 6.24. The molecule has 0 aliphatic rings. The number of furan rings is 1. The zero-order chi connectivity index (χ0) is 42.2. The van der Waals surface area contributed by atoms with Crippen LogP contribution in [0.15, 0.2) is 247 Å². The van der Waals surface area contributed by atoms with Crippen LogP contribution < -0.4 is 20.7 Å². The lowest BCUT2D eigenvalue weighted by Crippen LogP contribution is -2.74. The lowest BCUT2D eigenvalue weighted by atomic mass is 9.98. The van der Waals surface area contributed by atoms with Crippen LogP contribution in [0.5, 0.6) is 0 Å². The average molecular weight is 833 g/mol. The molecule has 0 aliphatic heterocycles. The van der Waals surface area contributed by atoms with E-state index in [1.807, 2.05) is 12.1 Å². The average Bonchev–Trinajstić information content (AvgIpc) is 4.03. The first-order valence-corrected chi connectivity index (χ1v) is 24.0. The molecule has 0 bridgehead atoms. The van der Waals surface area contributed by atoms with Crippen LogP contribution >= 0.6 is 0 Å². The molecule has 4 heteroatoms. The summed E-state index contributed by atoms with van der Waals surface area (Å²) in [6.45, 7) is 0. The maximum absolute atomic E-state index is 6.24. The topological polar surface area (TPSA) is 23.0 Å². The standard InChI is InChI=1S/C60H40N2OSi/c1-4-18-43(19-5-1)64(44-20-6-2-7-21-44,45-22-8-3-9-23-45)46-37-35-42(36-38-46)61-52-28-13-11-26-50(52)60-55(61)31-17-32-56(60)62-53-29-14-10-25-49(53)59-47(27-16-30-54(59)62)41-34-39-58-51(40-41)48-24-12-15-33-57(48)63-58/h1-40H. The number of aromatic nitrogens is 2. The smallest absolute Gasteiger partial charge is 0.179 e. The third kappa shape index (κ3) is 5.33. The summed E-state index contributed by atoms with van der Waals surface area (Å²) in [5.41, 5.74) is 11.2. The minimum absolute atomic E-state index is 0.905. The normalized spacial score (nSPS) is 12.1. The van der Waals surface area contributed by atoms with Crippen molar-refractivity contribution in [3.05, 3.63) is 243 Å². The van der Waals surface area contributed by atoms with Crippen LogP contribution in [0.3, 0.4) is 0 Å². The highest BCUT2D eigenvalue weighted by Crippen LogP contribution is 2.43. The van der Waals surface area contributed by atoms with Crippen LogP contribution in [0.25, 0.3) is 88.1 Å². The van der Waals surface area contributed by atoms with Crippen LogP contribution in [-0.2, 0) is 0 Å². The Balaban J connectivity index is 1.02. The number of rotatable bonds is 7. The fraction of sp³-hybridized carbons (Fsp3) is 0. The highest BCUT2D eigenvalue weighted by molar-refractivity contribution is 7.19. The number of benzene rings is 10. The Morgan fingerprint density at radius 3 is 1.45 bits per heavy atom. The van der Waals surface area contributed by atoms with Crippen LogP contribution in [0.4, 0.5) is 0 Å². The molecule has 13 aromatic rings. The molecule has 3 aromatic heterocycles. The number of hydrogen-bond acceptors (Lipinski definition) is 1. The van der Waals surface area contributed by atoms with E-state index in [2.05, 4.69) is 240 Å². The monoisotopic (exact) mass is 832 g/mol. The van der Waals surface area contributed by atoms with E-state index < -0.39 is 8.07 Å². The number of fused-ring (bicyclic) bond motifs is 9. The van der Waals surface area contributed by atoms with Gasteiger partial charge in [-0.1, -0.05) is 182 Å². The molecule has 0 spiro atoms. The van der Waals surface area contributed by atoms with E-state index in [-0.39, 0.29) is 0 Å². The highest BCUT2D eigenvalue weighted by Gasteiger charge is 2.41. The zero-order valence-electron chi connectivity index (χ0n) is 34.9. The molecule has 64 heavy (non-hydrogen) atoms. The van der Waals surface area contributed by atoms with Crippen LogP contribution in [0.2, 0.25) is 0 Å². The summed E-state index contributed by atoms with van der Waals surface area (Å²) in [6.07, 6.45) is 0. The van der Waals surface area contributed by atoms with Gasteiger partial charge in [-0.2, -0.15) is 0 Å². The molecular weight excluding hydrogens is 793 g/mol. The van der Waals surface area contributed by atoms with Gasteiger partial charge in [-0.15, -0.1) is 0 Å². The van der Waals surface area contributed by atoms with Crippen molar-refractivity contribution >= 4 is 94.4 Å². The predicted octanol–water partition coefficient (Wildman–Crippen LogP) is 12.8. The minimum Gasteiger partial charge on any atom is -0.456 e. The SMILES string of the molecule is c1ccc([Si](c2ccccc2)(c2ccccc2)c2ccc(-n3c4ccccc4c4c(-n5c6ccccc6c6c(-c7ccc8oc9ccccc9c8c7)cccc65)cccc43)cc2)cc1. The molecule has 0 radical (unpaired) electrons. The van der Waals surface area contributed by atoms with Gasteiger partial charge in [0.25, 0.3) is 0 Å². The van der Waals surface area contributed by atoms with Gasteiger partial charge in [-0.25, -0.2) is 0 Å². The van der Waals surface area contributed by atoms with Crippen molar-refractivity contribution in [2.45, 2.75) is 0 Å². The summed E-state index contributed by atoms with van der Waals surface area (Å²) in [7, 11) is -2.68. The Kier molecular flexibility index (Phi) is 8.23. The van der Waals surface area contributed by atoms with Crippen molar-refractivity contribution in [1.29, 1.82) is 0 Å². The Labute approximate surface area is 371 Å². The van der Waals surface area contributed by atoms with E-state index in [9.17, 15) is 0 Å². The molecule has 3 heterocycles. The summed E-state index contributed by atoms with van der Waals surface area (Å²) in [4.78, 5) is 0. The molecule has 0 saturated heterocycles. The van der Waals surface area contributed by atoms with E-state index in [0.29, 0.717) is 0 Å². The molecule has 0 fully saturated rings. The van der Waals surface area contributed by atoms with Gasteiger partial charge < -0.3 is 13.6 Å². The molecule has 10 aromatic carbocycles. The third-order valence-corrected chi connectivity index (χ3v) is 18.3. The van der Waals surface area contributed by atoms with Crippen molar-refractivity contribution in [3.63, 3.8) is 0 Å². The van der Waals surface area contributed by atoms with Gasteiger partial charge in [-0.05, 0) is 92.5 Å². The molecule has 0 unspecified atom stereocenters. The maximum Gasteiger partial charge on any atom is 0.179 e. The zero-order valence-corrected chi connectivity index (χ0v) is 35.9. The van der Waals surface area contributed by atoms with Crippen LogP contribution in [-0.4, -0.2) is 17.2 Å². The molecule has 0 aliphatic carbocycles. The molecule has 3 nitrogen and oxygen atoms in total. The Morgan fingerprint density at radius 2 is 0.797 bits per heavy atom. The van der Waals surface area contributed by atoms with Gasteiger partial charge >= 0.3 is 0 Å². The van der Waals surface area contributed by atoms with Gasteiger partial charge in [0.2, 0.25) is 0 Å². The second-order valence-corrected chi connectivity index (χ2v) is 20.6. The first-order chi connectivity index (χ1) is 31.8. The minimum atomic E-state index is -2.68. The van der Waals surface area contributed by atoms with Gasteiger partial charge in [0.1, 0.15) is 11.2 Å². The van der Waals surface area contributed by atoms with E-state index in [1.165, 1.54) is 75.5 Å². The second-order valence-electron chi connectivity index (χ2n) is 16.8. The molecular formula is C60H40N2OSi. The largest absolute Gasteiger partial charge is 0.456 e. The molecule has 0 N–H and O–H groups in total. The molecule has 0 atom stereocenters. The van der Waals surface area contributed by atoms with Gasteiger partial charge in [0.05, 0.1) is 27.8 Å². The predicted molar refractivity (Wildman–Crippen MR) is 271 cm³/mol. The van der Waals surface area contributed by atoms with Crippen LogP contribution in [0, 0.1) is 0 Å². The Morgan fingerprint density at radius 1 is 0.312 bits per heavy atom. The van der Waals surface area contributed by atoms with Gasteiger partial charge in [0, 0.05) is 38.0 Å². The van der Waals surface area contributed by atoms with E-state index in [4.69, 9.17) is 4.42 Å². The lowest BCUT2D eigenvalue weighted by Gasteiger charge is -2.34. The highest BCUT2D eigenvalue weighted by atomic mass is 28.3. The molecule has 13 rings (SSSR count). The van der Waals surface area contributed by atoms with E-state index >= 15 is 0 Å². The van der Waals surface area contributed by atoms with Gasteiger partial charge in [0.15, 0.2) is 8.07 Å². The third-order valence-electron chi connectivity index (χ3n) is 13.5. The molecule has 300 valence electrons. The summed E-state index contributed by atoms with van der Waals surface area (Å²) in [5.74, 6) is 0.